The summed E-state index contributed by atoms with van der Waals surface area (Å²) in [7, 11) is 1.60. The standard InChI is InChI=1S/C16H23NO4/c1-4-11(2)15(16(19)20)17-14(18)10-7-12-5-8-13(21-3)9-6-12/h5-6,8-9,11,15H,4,7,10H2,1-3H3,(H,17,18)(H,19,20)/t11-,15-/m0/s1. The zero-order valence-electron chi connectivity index (χ0n) is 12.8. The van der Waals surface area contributed by atoms with Crippen LogP contribution in [0.5, 0.6) is 5.75 Å². The second kappa shape index (κ2) is 8.29. The van der Waals surface area contributed by atoms with Crippen LogP contribution in [0.25, 0.3) is 0 Å². The Labute approximate surface area is 125 Å². The first-order chi connectivity index (χ1) is 9.97. The van der Waals surface area contributed by atoms with Gasteiger partial charge in [0.2, 0.25) is 5.91 Å². The molecule has 0 heterocycles. The lowest BCUT2D eigenvalue weighted by Crippen LogP contribution is -2.45. The number of nitrogens with one attached hydrogen (secondary N) is 1. The normalized spacial score (nSPS) is 13.3. The van der Waals surface area contributed by atoms with Gasteiger partial charge in [-0.25, -0.2) is 4.79 Å². The number of carbonyl (C=O) groups is 2. The topological polar surface area (TPSA) is 75.6 Å². The second-order valence-electron chi connectivity index (χ2n) is 5.12. The number of carboxylic acids is 1. The van der Waals surface area contributed by atoms with Gasteiger partial charge < -0.3 is 15.2 Å². The molecule has 5 nitrogen and oxygen atoms in total. The molecule has 5 heteroatoms. The number of hydrogen-bond donors (Lipinski definition) is 2. The highest BCUT2D eigenvalue weighted by atomic mass is 16.5. The van der Waals surface area contributed by atoms with Crippen LogP contribution < -0.4 is 10.1 Å². The Hall–Kier alpha value is -2.04. The molecule has 116 valence electrons. The quantitative estimate of drug-likeness (QED) is 0.770. The van der Waals surface area contributed by atoms with Gasteiger partial charge in [-0.3, -0.25) is 4.79 Å². The van der Waals surface area contributed by atoms with E-state index in [0.717, 1.165) is 11.3 Å². The van der Waals surface area contributed by atoms with Crippen LogP contribution in [-0.4, -0.2) is 30.1 Å². The van der Waals surface area contributed by atoms with Gasteiger partial charge >= 0.3 is 5.97 Å². The summed E-state index contributed by atoms with van der Waals surface area (Å²) in [5.74, 6) is -0.543. The van der Waals surface area contributed by atoms with Crippen LogP contribution in [-0.2, 0) is 16.0 Å². The van der Waals surface area contributed by atoms with Gasteiger partial charge in [0.05, 0.1) is 7.11 Å². The Bertz CT molecular complexity index is 470. The number of carbonyl (C=O) groups excluding carboxylic acids is 1. The first kappa shape index (κ1) is 17.0. The van der Waals surface area contributed by atoms with Crippen molar-refractivity contribution in [1.29, 1.82) is 0 Å². The summed E-state index contributed by atoms with van der Waals surface area (Å²) in [4.78, 5) is 23.0. The molecule has 0 saturated carbocycles. The van der Waals surface area contributed by atoms with Crippen molar-refractivity contribution in [3.05, 3.63) is 29.8 Å². The summed E-state index contributed by atoms with van der Waals surface area (Å²) in [6.07, 6.45) is 1.55. The largest absolute Gasteiger partial charge is 0.497 e. The lowest BCUT2D eigenvalue weighted by Gasteiger charge is -2.20. The average molecular weight is 293 g/mol. The van der Waals surface area contributed by atoms with E-state index in [2.05, 4.69) is 5.32 Å². The molecule has 0 spiro atoms. The Balaban J connectivity index is 2.50. The lowest BCUT2D eigenvalue weighted by molar-refractivity contribution is -0.143. The van der Waals surface area contributed by atoms with E-state index in [9.17, 15) is 9.59 Å². The molecule has 2 atom stereocenters. The van der Waals surface area contributed by atoms with Gasteiger partial charge in [-0.2, -0.15) is 0 Å². The maximum Gasteiger partial charge on any atom is 0.326 e. The van der Waals surface area contributed by atoms with Crippen LogP contribution >= 0.6 is 0 Å². The third-order valence-corrected chi connectivity index (χ3v) is 3.60. The van der Waals surface area contributed by atoms with Crippen molar-refractivity contribution in [1.82, 2.24) is 5.32 Å². The monoisotopic (exact) mass is 293 g/mol. The van der Waals surface area contributed by atoms with Crippen LogP contribution in [0.3, 0.4) is 0 Å². The number of aryl methyl sites for hydroxylation is 1. The minimum absolute atomic E-state index is 0.0903. The third kappa shape index (κ3) is 5.45. The fraction of sp³-hybridized carbons (Fsp3) is 0.500. The average Bonchev–Trinajstić information content (AvgIpc) is 2.50. The van der Waals surface area contributed by atoms with Crippen LogP contribution in [0.4, 0.5) is 0 Å². The molecule has 1 aromatic rings. The van der Waals surface area contributed by atoms with E-state index >= 15 is 0 Å². The molecular weight excluding hydrogens is 270 g/mol. The molecule has 0 aliphatic rings. The predicted octanol–water partition coefficient (Wildman–Crippen LogP) is 2.24. The van der Waals surface area contributed by atoms with Crippen LogP contribution in [0.15, 0.2) is 24.3 Å². The molecule has 0 aliphatic carbocycles. The number of rotatable bonds is 8. The highest BCUT2D eigenvalue weighted by Gasteiger charge is 2.24. The predicted molar refractivity (Wildman–Crippen MR) is 80.3 cm³/mol. The second-order valence-corrected chi connectivity index (χ2v) is 5.12. The Morgan fingerprint density at radius 1 is 1.29 bits per heavy atom. The van der Waals surface area contributed by atoms with Crippen molar-refractivity contribution < 1.29 is 19.4 Å². The summed E-state index contributed by atoms with van der Waals surface area (Å²) in [5, 5.41) is 11.7. The molecule has 0 saturated heterocycles. The maximum atomic E-state index is 11.9. The summed E-state index contributed by atoms with van der Waals surface area (Å²) in [6, 6.07) is 6.66. The van der Waals surface area contributed by atoms with E-state index in [1.54, 1.807) is 7.11 Å². The zero-order chi connectivity index (χ0) is 15.8. The van der Waals surface area contributed by atoms with Crippen molar-refractivity contribution in [2.75, 3.05) is 7.11 Å². The summed E-state index contributed by atoms with van der Waals surface area (Å²) in [6.45, 7) is 3.73. The molecule has 21 heavy (non-hydrogen) atoms. The van der Waals surface area contributed by atoms with E-state index in [1.807, 2.05) is 38.1 Å². The van der Waals surface area contributed by atoms with E-state index in [-0.39, 0.29) is 18.2 Å². The van der Waals surface area contributed by atoms with E-state index in [1.165, 1.54) is 0 Å². The van der Waals surface area contributed by atoms with Gasteiger partial charge in [0.1, 0.15) is 11.8 Å². The molecule has 0 radical (unpaired) electrons. The van der Waals surface area contributed by atoms with Gasteiger partial charge in [0.15, 0.2) is 0 Å². The molecule has 2 N–H and O–H groups in total. The first-order valence-corrected chi connectivity index (χ1v) is 7.13. The third-order valence-electron chi connectivity index (χ3n) is 3.60. The van der Waals surface area contributed by atoms with Crippen molar-refractivity contribution >= 4 is 11.9 Å². The SMILES string of the molecule is CC[C@H](C)[C@H](NC(=O)CCc1ccc(OC)cc1)C(=O)O. The first-order valence-electron chi connectivity index (χ1n) is 7.13. The molecular formula is C16H23NO4. The van der Waals surface area contributed by atoms with E-state index in [4.69, 9.17) is 9.84 Å². The summed E-state index contributed by atoms with van der Waals surface area (Å²) >= 11 is 0. The van der Waals surface area contributed by atoms with Gasteiger partial charge in [-0.15, -0.1) is 0 Å². The zero-order valence-corrected chi connectivity index (χ0v) is 12.8. The Morgan fingerprint density at radius 3 is 2.38 bits per heavy atom. The van der Waals surface area contributed by atoms with Crippen LogP contribution in [0, 0.1) is 5.92 Å². The molecule has 0 unspecified atom stereocenters. The number of hydrogen-bond acceptors (Lipinski definition) is 3. The minimum atomic E-state index is -0.984. The molecule has 0 aliphatic heterocycles. The van der Waals surface area contributed by atoms with Crippen LogP contribution in [0.2, 0.25) is 0 Å². The van der Waals surface area contributed by atoms with Crippen molar-refractivity contribution in [2.45, 2.75) is 39.2 Å². The van der Waals surface area contributed by atoms with Gasteiger partial charge in [0.25, 0.3) is 0 Å². The Morgan fingerprint density at radius 2 is 1.90 bits per heavy atom. The number of benzene rings is 1. The van der Waals surface area contributed by atoms with Crippen molar-refractivity contribution in [3.8, 4) is 5.75 Å². The molecule has 0 bridgehead atoms. The molecule has 0 fully saturated rings. The lowest BCUT2D eigenvalue weighted by atomic mass is 9.99. The van der Waals surface area contributed by atoms with E-state index in [0.29, 0.717) is 12.8 Å². The summed E-state index contributed by atoms with van der Waals surface area (Å²) < 4.78 is 5.07. The smallest absolute Gasteiger partial charge is 0.326 e. The fourth-order valence-electron chi connectivity index (χ4n) is 1.98. The number of amides is 1. The van der Waals surface area contributed by atoms with Crippen molar-refractivity contribution in [2.24, 2.45) is 5.92 Å². The molecule has 1 rings (SSSR count). The molecule has 1 amide bonds. The molecule has 1 aromatic carbocycles. The number of aliphatic carboxylic acids is 1. The van der Waals surface area contributed by atoms with Crippen molar-refractivity contribution in [3.63, 3.8) is 0 Å². The van der Waals surface area contributed by atoms with Crippen LogP contribution in [0.1, 0.15) is 32.3 Å². The highest BCUT2D eigenvalue weighted by molar-refractivity contribution is 5.83. The number of ether oxygens (including phenoxy) is 1. The van der Waals surface area contributed by atoms with Gasteiger partial charge in [-0.05, 0) is 30.0 Å². The van der Waals surface area contributed by atoms with Gasteiger partial charge in [-0.1, -0.05) is 32.4 Å². The maximum absolute atomic E-state index is 11.9. The minimum Gasteiger partial charge on any atom is -0.497 e. The number of methoxy groups -OCH3 is 1. The summed E-state index contributed by atoms with van der Waals surface area (Å²) in [5.41, 5.74) is 1.02. The van der Waals surface area contributed by atoms with E-state index < -0.39 is 12.0 Å². The van der Waals surface area contributed by atoms with Gasteiger partial charge in [0, 0.05) is 6.42 Å². The molecule has 0 aromatic heterocycles. The Kier molecular flexibility index (Phi) is 6.72. The number of carboxylic acid groups (broad SMARTS) is 1. The highest BCUT2D eigenvalue weighted by Crippen LogP contribution is 2.13. The fourth-order valence-corrected chi connectivity index (χ4v) is 1.98.